The van der Waals surface area contributed by atoms with Crippen LogP contribution >= 0.6 is 12.4 Å². The summed E-state index contributed by atoms with van der Waals surface area (Å²) < 4.78 is 44.7. The fraction of sp³-hybridized carbons (Fsp3) is 0.571. The van der Waals surface area contributed by atoms with E-state index in [1.165, 1.54) is 11.1 Å². The Bertz CT molecular complexity index is 897. The lowest BCUT2D eigenvalue weighted by atomic mass is 9.95. The van der Waals surface area contributed by atoms with E-state index < -0.39 is 29.2 Å². The molecule has 3 heterocycles. The van der Waals surface area contributed by atoms with E-state index in [1.807, 2.05) is 0 Å². The maximum atomic E-state index is 13.1. The molecule has 32 heavy (non-hydrogen) atoms. The summed E-state index contributed by atoms with van der Waals surface area (Å²) in [5, 5.41) is 5.79. The van der Waals surface area contributed by atoms with Crippen LogP contribution in [0.4, 0.5) is 23.7 Å². The molecule has 7 nitrogen and oxygen atoms in total. The van der Waals surface area contributed by atoms with Gasteiger partial charge in [-0.15, -0.1) is 12.4 Å². The minimum Gasteiger partial charge on any atom is -0.443 e. The highest BCUT2D eigenvalue weighted by Crippen LogP contribution is 2.32. The van der Waals surface area contributed by atoms with Gasteiger partial charge < -0.3 is 20.3 Å². The molecule has 0 bridgehead atoms. The zero-order valence-corrected chi connectivity index (χ0v) is 19.1. The Morgan fingerprint density at radius 3 is 2.59 bits per heavy atom. The molecule has 0 radical (unpaired) electrons. The van der Waals surface area contributed by atoms with Crippen LogP contribution in [-0.4, -0.2) is 48.1 Å². The van der Waals surface area contributed by atoms with Crippen LogP contribution in [-0.2, 0) is 22.3 Å². The summed E-state index contributed by atoms with van der Waals surface area (Å²) in [6, 6.07) is 0.812. The Labute approximate surface area is 191 Å². The highest BCUT2D eigenvalue weighted by Gasteiger charge is 2.33. The molecule has 11 heteroatoms. The Morgan fingerprint density at radius 2 is 1.94 bits per heavy atom. The molecule has 0 atom stereocenters. The second-order valence-electron chi connectivity index (χ2n) is 8.78. The zero-order chi connectivity index (χ0) is 22.8. The summed E-state index contributed by atoms with van der Waals surface area (Å²) in [6.45, 7) is 7.30. The number of aromatic nitrogens is 1. The van der Waals surface area contributed by atoms with E-state index in [0.29, 0.717) is 19.3 Å². The number of ether oxygens (including phenoxy) is 1. The van der Waals surface area contributed by atoms with Crippen molar-refractivity contribution in [3.8, 4) is 0 Å². The number of nitrogens with one attached hydrogen (secondary N) is 2. The summed E-state index contributed by atoms with van der Waals surface area (Å²) >= 11 is 0. The van der Waals surface area contributed by atoms with Crippen molar-refractivity contribution in [1.29, 1.82) is 0 Å². The molecular weight excluding hydrogens is 449 g/mol. The average Bonchev–Trinajstić information content (AvgIpc) is 2.70. The zero-order valence-electron chi connectivity index (χ0n) is 18.3. The number of alkyl halides is 3. The molecule has 0 saturated carbocycles. The summed E-state index contributed by atoms with van der Waals surface area (Å²) in [4.78, 5) is 30.3. The van der Waals surface area contributed by atoms with Gasteiger partial charge in [-0.2, -0.15) is 13.2 Å². The molecule has 0 fully saturated rings. The van der Waals surface area contributed by atoms with Crippen molar-refractivity contribution in [2.45, 2.75) is 46.4 Å². The lowest BCUT2D eigenvalue weighted by Crippen LogP contribution is -2.41. The molecule has 0 unspecified atom stereocenters. The van der Waals surface area contributed by atoms with Gasteiger partial charge in [-0.1, -0.05) is 26.3 Å². The van der Waals surface area contributed by atoms with Crippen LogP contribution in [0.25, 0.3) is 0 Å². The fourth-order valence-corrected chi connectivity index (χ4v) is 3.37. The molecule has 2 aliphatic rings. The summed E-state index contributed by atoms with van der Waals surface area (Å²) in [6.07, 6.45) is -2.86. The first-order chi connectivity index (χ1) is 14.4. The number of anilines is 1. The maximum absolute atomic E-state index is 13.1. The maximum Gasteiger partial charge on any atom is 0.417 e. The Balaban J connectivity index is 0.00000363. The first kappa shape index (κ1) is 25.9. The van der Waals surface area contributed by atoms with Crippen molar-refractivity contribution in [3.63, 3.8) is 0 Å². The van der Waals surface area contributed by atoms with Gasteiger partial charge in [0.05, 0.1) is 11.3 Å². The van der Waals surface area contributed by atoms with E-state index >= 15 is 0 Å². The van der Waals surface area contributed by atoms with Crippen molar-refractivity contribution >= 4 is 30.1 Å². The fourth-order valence-electron chi connectivity index (χ4n) is 3.37. The van der Waals surface area contributed by atoms with Gasteiger partial charge in [0.2, 0.25) is 5.91 Å². The Kier molecular flexibility index (Phi) is 8.17. The minimum absolute atomic E-state index is 0. The molecule has 178 valence electrons. The lowest BCUT2D eigenvalue weighted by molar-refractivity contribution is -0.137. The van der Waals surface area contributed by atoms with E-state index in [0.717, 1.165) is 32.0 Å². The largest absolute Gasteiger partial charge is 0.443 e. The van der Waals surface area contributed by atoms with E-state index in [9.17, 15) is 22.8 Å². The molecule has 0 saturated heterocycles. The van der Waals surface area contributed by atoms with Gasteiger partial charge in [-0.25, -0.2) is 4.79 Å². The molecule has 1 aromatic heterocycles. The number of rotatable bonds is 3. The number of nitrogens with zero attached hydrogens (tertiary/aromatic N) is 2. The van der Waals surface area contributed by atoms with Crippen molar-refractivity contribution in [2.24, 2.45) is 5.41 Å². The first-order valence-electron chi connectivity index (χ1n) is 10.1. The van der Waals surface area contributed by atoms with E-state index in [2.05, 4.69) is 15.6 Å². The van der Waals surface area contributed by atoms with Crippen molar-refractivity contribution < 1.29 is 27.5 Å². The smallest absolute Gasteiger partial charge is 0.417 e. The summed E-state index contributed by atoms with van der Waals surface area (Å²) in [7, 11) is 0. The van der Waals surface area contributed by atoms with Crippen LogP contribution in [0.15, 0.2) is 23.4 Å². The van der Waals surface area contributed by atoms with Gasteiger partial charge >= 0.3 is 12.3 Å². The molecule has 2 aliphatic heterocycles. The highest BCUT2D eigenvalue weighted by molar-refractivity contribution is 5.95. The van der Waals surface area contributed by atoms with Crippen molar-refractivity contribution in [3.05, 3.63) is 34.7 Å². The monoisotopic (exact) mass is 476 g/mol. The number of amides is 2. The number of halogens is 4. The summed E-state index contributed by atoms with van der Waals surface area (Å²) in [5.74, 6) is -0.470. The third-order valence-electron chi connectivity index (χ3n) is 5.32. The minimum atomic E-state index is -4.61. The number of pyridine rings is 1. The SMILES string of the molecule is CC(C)(C)C(=O)Nc1cc(C(F)(F)F)cnc1COC(=O)N1CCC2=C(CCNC2)C1.Cl. The number of carbonyl (C=O) groups is 2. The predicted octanol–water partition coefficient (Wildman–Crippen LogP) is 4.14. The van der Waals surface area contributed by atoms with Gasteiger partial charge in [0, 0.05) is 31.2 Å². The molecule has 2 amide bonds. The van der Waals surface area contributed by atoms with Gasteiger partial charge in [0.1, 0.15) is 12.3 Å². The number of hydrogen-bond acceptors (Lipinski definition) is 5. The molecular formula is C21H28ClF3N4O3. The van der Waals surface area contributed by atoms with Gasteiger partial charge in [0.25, 0.3) is 0 Å². The van der Waals surface area contributed by atoms with Crippen LogP contribution in [0.1, 0.15) is 44.9 Å². The Hall–Kier alpha value is -2.33. The number of hydrogen-bond donors (Lipinski definition) is 2. The summed E-state index contributed by atoms with van der Waals surface area (Å²) in [5.41, 5.74) is 0.672. The van der Waals surface area contributed by atoms with Crippen molar-refractivity contribution in [2.75, 3.05) is 31.5 Å². The third kappa shape index (κ3) is 6.35. The standard InChI is InChI=1S/C21H27F3N4O3.ClH/c1-20(2,3)18(29)27-16-8-15(21(22,23)24)10-26-17(16)12-31-19(30)28-7-5-13-9-25-6-4-14(13)11-28;/h8,10,25H,4-7,9,11-12H2,1-3H3,(H,27,29);1H. The molecule has 0 aromatic carbocycles. The molecule has 0 aliphatic carbocycles. The highest BCUT2D eigenvalue weighted by atomic mass is 35.5. The molecule has 3 rings (SSSR count). The normalized spacial score (nSPS) is 16.8. The van der Waals surface area contributed by atoms with Crippen molar-refractivity contribution in [1.82, 2.24) is 15.2 Å². The quantitative estimate of drug-likeness (QED) is 0.641. The van der Waals surface area contributed by atoms with Crippen LogP contribution in [0.3, 0.4) is 0 Å². The third-order valence-corrected chi connectivity index (χ3v) is 5.32. The van der Waals surface area contributed by atoms with Crippen LogP contribution in [0.2, 0.25) is 0 Å². The number of carbonyl (C=O) groups excluding carboxylic acids is 2. The van der Waals surface area contributed by atoms with E-state index in [-0.39, 0.29) is 30.4 Å². The Morgan fingerprint density at radius 1 is 1.22 bits per heavy atom. The van der Waals surface area contributed by atoms with Gasteiger partial charge in [-0.3, -0.25) is 9.78 Å². The van der Waals surface area contributed by atoms with Crippen LogP contribution < -0.4 is 10.6 Å². The molecule has 2 N–H and O–H groups in total. The topological polar surface area (TPSA) is 83.6 Å². The predicted molar refractivity (Wildman–Crippen MR) is 115 cm³/mol. The lowest BCUT2D eigenvalue weighted by Gasteiger charge is -2.33. The van der Waals surface area contributed by atoms with E-state index in [1.54, 1.807) is 25.7 Å². The van der Waals surface area contributed by atoms with E-state index in [4.69, 9.17) is 4.74 Å². The second kappa shape index (κ2) is 10.1. The van der Waals surface area contributed by atoms with Crippen LogP contribution in [0, 0.1) is 5.41 Å². The molecule has 1 aromatic rings. The average molecular weight is 477 g/mol. The van der Waals surface area contributed by atoms with Gasteiger partial charge in [-0.05, 0) is 31.0 Å². The second-order valence-corrected chi connectivity index (χ2v) is 8.78. The van der Waals surface area contributed by atoms with Gasteiger partial charge in [0.15, 0.2) is 0 Å². The molecule has 0 spiro atoms. The van der Waals surface area contributed by atoms with Crippen LogP contribution in [0.5, 0.6) is 0 Å². The first-order valence-corrected chi connectivity index (χ1v) is 10.1.